The zero-order valence-electron chi connectivity index (χ0n) is 14.1. The van der Waals surface area contributed by atoms with Crippen molar-refractivity contribution in [3.05, 3.63) is 28.8 Å². The monoisotopic (exact) mass is 388 g/mol. The third kappa shape index (κ3) is 5.17. The summed E-state index contributed by atoms with van der Waals surface area (Å²) in [5.41, 5.74) is 0.668. The van der Waals surface area contributed by atoms with Crippen molar-refractivity contribution in [2.45, 2.75) is 19.8 Å². The minimum atomic E-state index is -3.31. The Morgan fingerprint density at radius 2 is 2.12 bits per heavy atom. The number of ether oxygens (including phenoxy) is 1. The van der Waals surface area contributed by atoms with Gasteiger partial charge in [-0.05, 0) is 38.0 Å². The van der Waals surface area contributed by atoms with Gasteiger partial charge in [0.25, 0.3) is 0 Å². The van der Waals surface area contributed by atoms with Crippen molar-refractivity contribution < 1.29 is 22.7 Å². The highest BCUT2D eigenvalue weighted by molar-refractivity contribution is 7.88. The average Bonchev–Trinajstić information content (AvgIpc) is 2.54. The lowest BCUT2D eigenvalue weighted by Gasteiger charge is -2.30. The van der Waals surface area contributed by atoms with Gasteiger partial charge in [-0.25, -0.2) is 17.5 Å². The summed E-state index contributed by atoms with van der Waals surface area (Å²) in [6, 6.07) is 4.52. The van der Waals surface area contributed by atoms with Crippen molar-refractivity contribution in [2.24, 2.45) is 5.92 Å². The summed E-state index contributed by atoms with van der Waals surface area (Å²) in [7, 11) is -3.31. The molecule has 1 aromatic carbocycles. The first kappa shape index (κ1) is 19.7. The van der Waals surface area contributed by atoms with Gasteiger partial charge in [0, 0.05) is 18.8 Å². The molecule has 1 saturated heterocycles. The Kier molecular flexibility index (Phi) is 6.42. The fraction of sp³-hybridized carbons (Fsp3) is 0.500. The van der Waals surface area contributed by atoms with Gasteiger partial charge >= 0.3 is 5.97 Å². The van der Waals surface area contributed by atoms with E-state index in [1.165, 1.54) is 16.4 Å². The Labute approximate surface area is 152 Å². The van der Waals surface area contributed by atoms with Crippen LogP contribution in [0, 0.1) is 5.92 Å². The third-order valence-electron chi connectivity index (χ3n) is 3.96. The number of sulfonamides is 1. The molecule has 1 atom stereocenters. The maximum atomic E-state index is 12.4. The van der Waals surface area contributed by atoms with Gasteiger partial charge in [-0.3, -0.25) is 4.79 Å². The average molecular weight is 389 g/mol. The molecule has 138 valence electrons. The van der Waals surface area contributed by atoms with Crippen LogP contribution in [-0.2, 0) is 19.6 Å². The molecule has 2 rings (SSSR count). The fourth-order valence-corrected chi connectivity index (χ4v) is 3.84. The van der Waals surface area contributed by atoms with Crippen LogP contribution < -0.4 is 5.32 Å². The van der Waals surface area contributed by atoms with Crippen molar-refractivity contribution in [3.8, 4) is 0 Å². The Bertz CT molecular complexity index is 766. The number of hydrogen-bond acceptors (Lipinski definition) is 5. The first-order valence-corrected chi connectivity index (χ1v) is 10.2. The van der Waals surface area contributed by atoms with E-state index in [0.717, 1.165) is 6.26 Å². The lowest BCUT2D eigenvalue weighted by molar-refractivity contribution is -0.120. The third-order valence-corrected chi connectivity index (χ3v) is 5.54. The predicted molar refractivity (Wildman–Crippen MR) is 95.2 cm³/mol. The molecule has 1 aliphatic rings. The molecule has 0 aromatic heterocycles. The Hall–Kier alpha value is -1.64. The van der Waals surface area contributed by atoms with Gasteiger partial charge in [0.15, 0.2) is 0 Å². The zero-order valence-corrected chi connectivity index (χ0v) is 15.7. The number of nitrogens with one attached hydrogen (secondary N) is 1. The number of anilines is 1. The molecule has 7 nitrogen and oxygen atoms in total. The largest absolute Gasteiger partial charge is 0.462 e. The molecule has 0 aliphatic carbocycles. The van der Waals surface area contributed by atoms with Crippen molar-refractivity contribution in [1.29, 1.82) is 0 Å². The van der Waals surface area contributed by atoms with Crippen molar-refractivity contribution >= 4 is 39.2 Å². The van der Waals surface area contributed by atoms with Gasteiger partial charge in [-0.1, -0.05) is 11.6 Å². The molecular weight excluding hydrogens is 368 g/mol. The fourth-order valence-electron chi connectivity index (χ4n) is 2.67. The van der Waals surface area contributed by atoms with E-state index in [-0.39, 0.29) is 29.6 Å². The lowest BCUT2D eigenvalue weighted by atomic mass is 9.98. The Morgan fingerprint density at radius 3 is 2.72 bits per heavy atom. The number of halogens is 1. The highest BCUT2D eigenvalue weighted by Crippen LogP contribution is 2.24. The number of carbonyl (C=O) groups is 2. The molecule has 1 heterocycles. The van der Waals surface area contributed by atoms with Crippen LogP contribution in [0.4, 0.5) is 5.69 Å². The zero-order chi connectivity index (χ0) is 18.6. The van der Waals surface area contributed by atoms with E-state index in [4.69, 9.17) is 16.3 Å². The van der Waals surface area contributed by atoms with E-state index < -0.39 is 21.9 Å². The number of esters is 1. The smallest absolute Gasteiger partial charge is 0.339 e. The maximum absolute atomic E-state index is 12.4. The van der Waals surface area contributed by atoms with E-state index in [1.54, 1.807) is 13.0 Å². The van der Waals surface area contributed by atoms with Crippen LogP contribution in [-0.4, -0.2) is 50.6 Å². The first-order valence-electron chi connectivity index (χ1n) is 7.95. The standard InChI is InChI=1S/C16H21ClN2O5S/c1-3-24-16(21)13-7-6-12(9-14(13)17)18-15(20)11-5-4-8-19(10-11)25(2,22)23/h6-7,9,11H,3-5,8,10H2,1-2H3,(H,18,20)/t11-/m1/s1. The summed E-state index contributed by atoms with van der Waals surface area (Å²) in [6.07, 6.45) is 2.39. The molecule has 9 heteroatoms. The van der Waals surface area contributed by atoms with Gasteiger partial charge in [-0.2, -0.15) is 0 Å². The van der Waals surface area contributed by atoms with Gasteiger partial charge in [0.1, 0.15) is 0 Å². The molecule has 0 radical (unpaired) electrons. The molecule has 0 saturated carbocycles. The van der Waals surface area contributed by atoms with Crippen LogP contribution in [0.2, 0.25) is 5.02 Å². The summed E-state index contributed by atoms with van der Waals surface area (Å²) in [6.45, 7) is 2.54. The molecule has 1 amide bonds. The summed E-state index contributed by atoms with van der Waals surface area (Å²) in [5.74, 6) is -1.22. The molecule has 25 heavy (non-hydrogen) atoms. The summed E-state index contributed by atoms with van der Waals surface area (Å²) >= 11 is 6.07. The second-order valence-electron chi connectivity index (χ2n) is 5.86. The number of benzene rings is 1. The van der Waals surface area contributed by atoms with E-state index in [2.05, 4.69) is 5.32 Å². The Balaban J connectivity index is 2.05. The van der Waals surface area contributed by atoms with Gasteiger partial charge in [0.2, 0.25) is 15.9 Å². The Morgan fingerprint density at radius 1 is 1.40 bits per heavy atom. The molecule has 1 N–H and O–H groups in total. The van der Waals surface area contributed by atoms with Gasteiger partial charge in [-0.15, -0.1) is 0 Å². The molecule has 1 fully saturated rings. The van der Waals surface area contributed by atoms with E-state index in [9.17, 15) is 18.0 Å². The second-order valence-corrected chi connectivity index (χ2v) is 8.25. The van der Waals surface area contributed by atoms with Crippen LogP contribution in [0.1, 0.15) is 30.1 Å². The highest BCUT2D eigenvalue weighted by Gasteiger charge is 2.30. The second kappa shape index (κ2) is 8.16. The normalized spacial score (nSPS) is 18.6. The number of hydrogen-bond donors (Lipinski definition) is 1. The van der Waals surface area contributed by atoms with Crippen LogP contribution in [0.25, 0.3) is 0 Å². The summed E-state index contributed by atoms with van der Waals surface area (Å²) < 4.78 is 29.5. The topological polar surface area (TPSA) is 92.8 Å². The SMILES string of the molecule is CCOC(=O)c1ccc(NC(=O)[C@@H]2CCCN(S(C)(=O)=O)C2)cc1Cl. The van der Waals surface area contributed by atoms with Crippen LogP contribution in [0.15, 0.2) is 18.2 Å². The molecular formula is C16H21ClN2O5S. The predicted octanol–water partition coefficient (Wildman–Crippen LogP) is 2.13. The number of piperidine rings is 1. The molecule has 0 unspecified atom stereocenters. The maximum Gasteiger partial charge on any atom is 0.339 e. The molecule has 0 bridgehead atoms. The van der Waals surface area contributed by atoms with Crippen molar-refractivity contribution in [1.82, 2.24) is 4.31 Å². The van der Waals surface area contributed by atoms with E-state index in [1.807, 2.05) is 0 Å². The van der Waals surface area contributed by atoms with Crippen molar-refractivity contribution in [3.63, 3.8) is 0 Å². The number of rotatable bonds is 5. The molecule has 0 spiro atoms. The van der Waals surface area contributed by atoms with E-state index in [0.29, 0.717) is 25.1 Å². The highest BCUT2D eigenvalue weighted by atomic mass is 35.5. The van der Waals surface area contributed by atoms with Gasteiger partial charge < -0.3 is 10.1 Å². The number of carbonyl (C=O) groups excluding carboxylic acids is 2. The molecule has 1 aromatic rings. The summed E-state index contributed by atoms with van der Waals surface area (Å²) in [4.78, 5) is 24.1. The minimum absolute atomic E-state index is 0.166. The van der Waals surface area contributed by atoms with Gasteiger partial charge in [0.05, 0.1) is 29.4 Å². The minimum Gasteiger partial charge on any atom is -0.462 e. The quantitative estimate of drug-likeness (QED) is 0.780. The van der Waals surface area contributed by atoms with Crippen molar-refractivity contribution in [2.75, 3.05) is 31.3 Å². The summed E-state index contributed by atoms with van der Waals surface area (Å²) in [5, 5.41) is 2.90. The van der Waals surface area contributed by atoms with Crippen LogP contribution in [0.5, 0.6) is 0 Å². The van der Waals surface area contributed by atoms with Crippen LogP contribution in [0.3, 0.4) is 0 Å². The van der Waals surface area contributed by atoms with Crippen LogP contribution >= 0.6 is 11.6 Å². The van der Waals surface area contributed by atoms with E-state index >= 15 is 0 Å². The first-order chi connectivity index (χ1) is 11.7. The number of nitrogens with zero attached hydrogens (tertiary/aromatic N) is 1. The lowest BCUT2D eigenvalue weighted by Crippen LogP contribution is -2.43. The number of amides is 1. The molecule has 1 aliphatic heterocycles.